The van der Waals surface area contributed by atoms with Crippen LogP contribution < -0.4 is 10.9 Å². The number of nitrogens with one attached hydrogen (secondary N) is 1. The molecular formula is C20H14BF3N4. The Bertz CT molecular complexity index is 1120. The van der Waals surface area contributed by atoms with Gasteiger partial charge in [0.2, 0.25) is 0 Å². The van der Waals surface area contributed by atoms with Gasteiger partial charge in [0.25, 0.3) is 0 Å². The fourth-order valence-corrected chi connectivity index (χ4v) is 2.97. The first-order valence-corrected chi connectivity index (χ1v) is 8.49. The Balaban J connectivity index is 1.76. The number of pyridine rings is 2. The first-order valence-electron chi connectivity index (χ1n) is 8.49. The van der Waals surface area contributed by atoms with E-state index >= 15 is 0 Å². The lowest BCUT2D eigenvalue weighted by molar-refractivity contribution is -0.137. The number of imidazole rings is 1. The monoisotopic (exact) mass is 378 g/mol. The molecule has 0 unspecified atom stereocenters. The molecule has 0 fully saturated rings. The highest BCUT2D eigenvalue weighted by molar-refractivity contribution is 6.31. The molecule has 4 aromatic rings. The minimum atomic E-state index is -4.41. The third kappa shape index (κ3) is 3.58. The van der Waals surface area contributed by atoms with E-state index in [4.69, 9.17) is 7.85 Å². The van der Waals surface area contributed by atoms with Crippen molar-refractivity contribution in [3.63, 3.8) is 0 Å². The quantitative estimate of drug-likeness (QED) is 0.549. The summed E-state index contributed by atoms with van der Waals surface area (Å²) in [6.45, 7) is 0.488. The van der Waals surface area contributed by atoms with Crippen LogP contribution in [0.4, 0.5) is 18.9 Å². The molecule has 0 aliphatic heterocycles. The molecule has 0 atom stereocenters. The summed E-state index contributed by atoms with van der Waals surface area (Å²) >= 11 is 0. The number of hydrogen-bond donors (Lipinski definition) is 1. The van der Waals surface area contributed by atoms with Gasteiger partial charge in [-0.1, -0.05) is 18.2 Å². The maximum atomic E-state index is 13.1. The third-order valence-corrected chi connectivity index (χ3v) is 4.36. The van der Waals surface area contributed by atoms with Crippen LogP contribution in [0.5, 0.6) is 0 Å². The first kappa shape index (κ1) is 18.1. The van der Waals surface area contributed by atoms with Crippen LogP contribution in [0.1, 0.15) is 11.1 Å². The zero-order valence-electron chi connectivity index (χ0n) is 14.6. The van der Waals surface area contributed by atoms with Crippen LogP contribution in [0, 0.1) is 0 Å². The summed E-state index contributed by atoms with van der Waals surface area (Å²) in [6, 6.07) is 10.7. The number of aromatic nitrogens is 3. The standard InChI is InChI=1S/C20H14BF3N4/c21-18-11-27-19-17(26-10-13-3-2-6-25-9-13)8-15(12-28(18)19)14-4-1-5-16(7-14)20(22,23)24/h1-9,11-12,26H,10H2. The van der Waals surface area contributed by atoms with Gasteiger partial charge in [-0.3, -0.25) is 4.98 Å². The zero-order chi connectivity index (χ0) is 19.7. The number of hydrogen-bond acceptors (Lipinski definition) is 3. The van der Waals surface area contributed by atoms with E-state index in [1.165, 1.54) is 12.3 Å². The number of benzene rings is 1. The first-order chi connectivity index (χ1) is 13.4. The minimum absolute atomic E-state index is 0.397. The summed E-state index contributed by atoms with van der Waals surface area (Å²) in [5.41, 5.74) is 2.95. The molecule has 2 radical (unpaired) electrons. The van der Waals surface area contributed by atoms with E-state index in [0.29, 0.717) is 34.6 Å². The Labute approximate surface area is 160 Å². The molecule has 8 heteroatoms. The minimum Gasteiger partial charge on any atom is -0.378 e. The largest absolute Gasteiger partial charge is 0.416 e. The van der Waals surface area contributed by atoms with Gasteiger partial charge in [0.1, 0.15) is 7.85 Å². The molecule has 0 saturated heterocycles. The summed E-state index contributed by atoms with van der Waals surface area (Å²) in [6.07, 6.45) is 2.21. The van der Waals surface area contributed by atoms with Gasteiger partial charge in [-0.25, -0.2) is 4.98 Å². The summed E-state index contributed by atoms with van der Waals surface area (Å²) in [5.74, 6) is 0. The maximum absolute atomic E-state index is 13.1. The second kappa shape index (κ2) is 7.03. The Kier molecular flexibility index (Phi) is 4.54. The smallest absolute Gasteiger partial charge is 0.378 e. The molecule has 1 N–H and O–H groups in total. The van der Waals surface area contributed by atoms with Crippen LogP contribution >= 0.6 is 0 Å². The number of fused-ring (bicyclic) bond motifs is 1. The van der Waals surface area contributed by atoms with E-state index < -0.39 is 11.7 Å². The zero-order valence-corrected chi connectivity index (χ0v) is 14.6. The molecule has 4 nitrogen and oxygen atoms in total. The Morgan fingerprint density at radius 3 is 2.64 bits per heavy atom. The second-order valence-corrected chi connectivity index (χ2v) is 6.31. The molecule has 138 valence electrons. The van der Waals surface area contributed by atoms with Crippen LogP contribution in [0.15, 0.2) is 67.3 Å². The fourth-order valence-electron chi connectivity index (χ4n) is 2.97. The number of nitrogens with zero attached hydrogens (tertiary/aromatic N) is 3. The topological polar surface area (TPSA) is 42.2 Å². The molecule has 0 aliphatic carbocycles. The molecule has 0 amide bonds. The number of rotatable bonds is 4. The number of halogens is 3. The van der Waals surface area contributed by atoms with Crippen molar-refractivity contribution in [2.45, 2.75) is 12.7 Å². The molecule has 0 saturated carbocycles. The van der Waals surface area contributed by atoms with Crippen LogP contribution in [-0.4, -0.2) is 22.2 Å². The molecule has 0 bridgehead atoms. The lowest BCUT2D eigenvalue weighted by atomic mass is 10.0. The highest BCUT2D eigenvalue weighted by Gasteiger charge is 2.30. The average molecular weight is 378 g/mol. The normalized spacial score (nSPS) is 11.7. The van der Waals surface area contributed by atoms with Crippen LogP contribution in [-0.2, 0) is 12.7 Å². The van der Waals surface area contributed by atoms with Crippen LogP contribution in [0.2, 0.25) is 0 Å². The Hall–Kier alpha value is -3.29. The number of anilines is 1. The lowest BCUT2D eigenvalue weighted by Crippen LogP contribution is -2.11. The van der Waals surface area contributed by atoms with E-state index in [2.05, 4.69) is 15.3 Å². The van der Waals surface area contributed by atoms with Crippen molar-refractivity contribution >= 4 is 24.8 Å². The molecule has 3 heterocycles. The summed E-state index contributed by atoms with van der Waals surface area (Å²) in [4.78, 5) is 8.38. The van der Waals surface area contributed by atoms with E-state index in [1.54, 1.807) is 35.1 Å². The van der Waals surface area contributed by atoms with Gasteiger partial charge >= 0.3 is 6.18 Å². The second-order valence-electron chi connectivity index (χ2n) is 6.31. The van der Waals surface area contributed by atoms with E-state index in [-0.39, 0.29) is 0 Å². The van der Waals surface area contributed by atoms with Crippen LogP contribution in [0.3, 0.4) is 0 Å². The van der Waals surface area contributed by atoms with Gasteiger partial charge < -0.3 is 9.72 Å². The average Bonchev–Trinajstić information content (AvgIpc) is 3.07. The predicted octanol–water partition coefficient (Wildman–Crippen LogP) is 3.82. The maximum Gasteiger partial charge on any atom is 0.416 e. The van der Waals surface area contributed by atoms with Gasteiger partial charge in [-0.05, 0) is 41.0 Å². The molecule has 28 heavy (non-hydrogen) atoms. The van der Waals surface area contributed by atoms with Crippen LogP contribution in [0.25, 0.3) is 16.8 Å². The van der Waals surface area contributed by atoms with Crippen molar-refractivity contribution in [3.8, 4) is 11.1 Å². The van der Waals surface area contributed by atoms with Gasteiger partial charge in [0.15, 0.2) is 5.65 Å². The third-order valence-electron chi connectivity index (χ3n) is 4.36. The van der Waals surface area contributed by atoms with Crippen molar-refractivity contribution in [2.75, 3.05) is 5.32 Å². The fraction of sp³-hybridized carbons (Fsp3) is 0.100. The van der Waals surface area contributed by atoms with E-state index in [1.807, 2.05) is 12.1 Å². The number of alkyl halides is 3. The Morgan fingerprint density at radius 1 is 1.04 bits per heavy atom. The molecule has 0 aliphatic rings. The molecule has 3 aromatic heterocycles. The summed E-state index contributed by atoms with van der Waals surface area (Å²) < 4.78 is 40.9. The lowest BCUT2D eigenvalue weighted by Gasteiger charge is -2.13. The predicted molar refractivity (Wildman–Crippen MR) is 103 cm³/mol. The highest BCUT2D eigenvalue weighted by atomic mass is 19.4. The van der Waals surface area contributed by atoms with Gasteiger partial charge in [-0.2, -0.15) is 13.2 Å². The van der Waals surface area contributed by atoms with Crippen molar-refractivity contribution in [1.29, 1.82) is 0 Å². The molecular weight excluding hydrogens is 364 g/mol. The van der Waals surface area contributed by atoms with E-state index in [9.17, 15) is 13.2 Å². The van der Waals surface area contributed by atoms with Crippen molar-refractivity contribution in [2.24, 2.45) is 0 Å². The summed E-state index contributed by atoms with van der Waals surface area (Å²) in [7, 11) is 5.98. The van der Waals surface area contributed by atoms with Crippen molar-refractivity contribution < 1.29 is 13.2 Å². The molecule has 0 spiro atoms. The van der Waals surface area contributed by atoms with Gasteiger partial charge in [0, 0.05) is 36.9 Å². The summed E-state index contributed by atoms with van der Waals surface area (Å²) in [5, 5.41) is 3.27. The van der Waals surface area contributed by atoms with E-state index in [0.717, 1.165) is 17.7 Å². The highest BCUT2D eigenvalue weighted by Crippen LogP contribution is 2.33. The molecule has 4 rings (SSSR count). The molecule has 1 aromatic carbocycles. The van der Waals surface area contributed by atoms with Gasteiger partial charge in [0.05, 0.1) is 11.3 Å². The van der Waals surface area contributed by atoms with Gasteiger partial charge in [-0.15, -0.1) is 0 Å². The SMILES string of the molecule is [B]c1cnc2c(NCc3cccnc3)cc(-c3cccc(C(F)(F)F)c3)cn12. The van der Waals surface area contributed by atoms with Crippen molar-refractivity contribution in [1.82, 2.24) is 14.4 Å². The van der Waals surface area contributed by atoms with Crippen molar-refractivity contribution in [3.05, 3.63) is 78.4 Å². The Morgan fingerprint density at radius 2 is 1.89 bits per heavy atom.